The summed E-state index contributed by atoms with van der Waals surface area (Å²) in [4.78, 5) is 145. The number of nitrogens with one attached hydrogen (secondary N) is 1. The Morgan fingerprint density at radius 3 is 2.06 bits per heavy atom. The normalized spacial score (nSPS) is 14.9. The summed E-state index contributed by atoms with van der Waals surface area (Å²) in [5.74, 6) is -5.38. The zero-order valence-electron chi connectivity index (χ0n) is 35.4. The van der Waals surface area contributed by atoms with Gasteiger partial charge >= 0.3 is 23.8 Å². The summed E-state index contributed by atoms with van der Waals surface area (Å²) in [5, 5.41) is -0.762. The molecule has 0 bridgehead atoms. The standard InChI is InChI=1S/C44H37N3O18/c1-18-14-25-33(43(55)46(18)16-28(48)47-15-26(45-42(54)19(47)2)44(56)63-21(4)65-60-8)39(53)31-23(36(25)50)12-13-24-32(31)41(62-20(3)64-59-7)34-35(40(24)58-6)38(52)30-22(37(34)51)10-9-11-27(30)61-17-29(49)57-5/h9-14,19,26H,3-4,15-17H2,1-2,5-8H3,(H,45,54). The Labute approximate surface area is 363 Å². The molecule has 0 saturated carbocycles. The van der Waals surface area contributed by atoms with E-state index >= 15 is 0 Å². The second kappa shape index (κ2) is 17.5. The molecular formula is C44H37N3O18. The molecule has 336 valence electrons. The Bertz CT molecular complexity index is 3370. The molecule has 0 aliphatic carbocycles. The van der Waals surface area contributed by atoms with Crippen molar-refractivity contribution in [3.63, 3.8) is 0 Å². The second-order valence-corrected chi connectivity index (χ2v) is 14.4. The maximum Gasteiger partial charge on any atom is 0.343 e. The van der Waals surface area contributed by atoms with Gasteiger partial charge in [-0.1, -0.05) is 12.1 Å². The number of pyridine rings is 1. The van der Waals surface area contributed by atoms with Crippen molar-refractivity contribution in [2.24, 2.45) is 0 Å². The third-order valence-electron chi connectivity index (χ3n) is 10.8. The SMILES string of the molecule is C=C(OOC)OC(=O)C1CN(C(=O)Cn2c(C)cc3c(=O)c4ccc5c(OC)c6c(=O)c7c(OCC(=O)OC)cccc7c(=O)c6c(OC(=C)OOC)c5c4c(=O)c3c2=O)C(C)C(=O)N1. The van der Waals surface area contributed by atoms with Gasteiger partial charge < -0.3 is 38.5 Å². The molecule has 1 fully saturated rings. The van der Waals surface area contributed by atoms with Gasteiger partial charge in [-0.05, 0) is 51.3 Å². The summed E-state index contributed by atoms with van der Waals surface area (Å²) < 4.78 is 27.9. The minimum atomic E-state index is -1.38. The van der Waals surface area contributed by atoms with Gasteiger partial charge in [0.1, 0.15) is 30.1 Å². The van der Waals surface area contributed by atoms with Crippen LogP contribution >= 0.6 is 0 Å². The van der Waals surface area contributed by atoms with Crippen LogP contribution in [0.4, 0.5) is 0 Å². The molecule has 1 aliphatic rings. The molecule has 1 saturated heterocycles. The lowest BCUT2D eigenvalue weighted by Gasteiger charge is -2.36. The average molecular weight is 896 g/mol. The highest BCUT2D eigenvalue weighted by atomic mass is 17.2. The fourth-order valence-electron chi connectivity index (χ4n) is 7.88. The molecule has 7 rings (SSSR count). The lowest BCUT2D eigenvalue weighted by molar-refractivity contribution is -0.268. The number of hydrogen-bond acceptors (Lipinski definition) is 18. The van der Waals surface area contributed by atoms with E-state index in [9.17, 15) is 43.2 Å². The fraction of sp³-hybridized carbons (Fsp3) is 0.250. The van der Waals surface area contributed by atoms with Gasteiger partial charge in [-0.3, -0.25) is 43.3 Å². The largest absolute Gasteiger partial charge is 0.495 e. The van der Waals surface area contributed by atoms with E-state index in [1.54, 1.807) is 0 Å². The number of hydrogen-bond donors (Lipinski definition) is 1. The Hall–Kier alpha value is -8.17. The van der Waals surface area contributed by atoms with Crippen LogP contribution in [0.1, 0.15) is 12.6 Å². The number of piperazine rings is 1. The van der Waals surface area contributed by atoms with Gasteiger partial charge in [0.2, 0.25) is 22.7 Å². The van der Waals surface area contributed by atoms with Crippen LogP contribution < -0.4 is 46.8 Å². The highest BCUT2D eigenvalue weighted by Gasteiger charge is 2.39. The van der Waals surface area contributed by atoms with Crippen molar-refractivity contribution in [2.75, 3.05) is 41.6 Å². The topological polar surface area (TPSA) is 257 Å². The number of aromatic nitrogens is 1. The van der Waals surface area contributed by atoms with Crippen LogP contribution in [-0.2, 0) is 54.7 Å². The molecule has 21 nitrogen and oxygen atoms in total. The Morgan fingerprint density at radius 1 is 0.738 bits per heavy atom. The molecule has 2 amide bonds. The van der Waals surface area contributed by atoms with Crippen molar-refractivity contribution in [3.8, 4) is 17.2 Å². The van der Waals surface area contributed by atoms with Gasteiger partial charge in [-0.2, -0.15) is 9.78 Å². The number of nitrogens with zero attached hydrogens (tertiary/aromatic N) is 2. The van der Waals surface area contributed by atoms with Crippen LogP contribution in [0.25, 0.3) is 53.9 Å². The predicted molar refractivity (Wildman–Crippen MR) is 229 cm³/mol. The zero-order valence-corrected chi connectivity index (χ0v) is 35.4. The first-order valence-corrected chi connectivity index (χ1v) is 19.2. The molecule has 1 aliphatic heterocycles. The number of carbonyl (C=O) groups is 4. The monoisotopic (exact) mass is 895 g/mol. The van der Waals surface area contributed by atoms with Gasteiger partial charge in [-0.15, -0.1) is 0 Å². The average Bonchev–Trinajstić information content (AvgIpc) is 3.27. The van der Waals surface area contributed by atoms with Crippen LogP contribution in [-0.4, -0.2) is 86.9 Å². The molecule has 2 unspecified atom stereocenters. The van der Waals surface area contributed by atoms with Gasteiger partial charge in [0.25, 0.3) is 5.56 Å². The van der Waals surface area contributed by atoms with Crippen molar-refractivity contribution in [1.29, 1.82) is 0 Å². The molecule has 2 heterocycles. The van der Waals surface area contributed by atoms with E-state index in [4.69, 9.17) is 28.7 Å². The number of esters is 2. The summed E-state index contributed by atoms with van der Waals surface area (Å²) in [6.07, 6.45) is 0. The quantitative estimate of drug-likeness (QED) is 0.0406. The van der Waals surface area contributed by atoms with Crippen molar-refractivity contribution >= 4 is 77.6 Å². The van der Waals surface area contributed by atoms with E-state index in [0.29, 0.717) is 0 Å². The lowest BCUT2D eigenvalue weighted by atomic mass is 9.91. The number of carbonyl (C=O) groups excluding carboxylic acids is 4. The smallest absolute Gasteiger partial charge is 0.343 e. The molecule has 1 aromatic heterocycles. The van der Waals surface area contributed by atoms with E-state index in [1.165, 1.54) is 57.4 Å². The number of methoxy groups -OCH3 is 2. The minimum Gasteiger partial charge on any atom is -0.495 e. The second-order valence-electron chi connectivity index (χ2n) is 14.4. The molecule has 0 spiro atoms. The third-order valence-corrected chi connectivity index (χ3v) is 10.8. The van der Waals surface area contributed by atoms with Gasteiger partial charge in [0.05, 0.1) is 56.5 Å². The molecule has 21 heteroatoms. The van der Waals surface area contributed by atoms with Crippen LogP contribution in [0, 0.1) is 6.92 Å². The Morgan fingerprint density at radius 2 is 1.38 bits per heavy atom. The van der Waals surface area contributed by atoms with Gasteiger partial charge in [0, 0.05) is 38.0 Å². The van der Waals surface area contributed by atoms with Crippen molar-refractivity contribution < 1.29 is 62.4 Å². The molecule has 1 N–H and O–H groups in total. The van der Waals surface area contributed by atoms with E-state index in [-0.39, 0.29) is 54.9 Å². The summed E-state index contributed by atoms with van der Waals surface area (Å²) in [7, 11) is 4.60. The van der Waals surface area contributed by atoms with Crippen molar-refractivity contribution in [3.05, 3.63) is 118 Å². The van der Waals surface area contributed by atoms with E-state index in [0.717, 1.165) is 30.8 Å². The van der Waals surface area contributed by atoms with E-state index in [2.05, 4.69) is 33.0 Å². The maximum absolute atomic E-state index is 15.0. The van der Waals surface area contributed by atoms with Crippen molar-refractivity contribution in [1.82, 2.24) is 14.8 Å². The highest BCUT2D eigenvalue weighted by Crippen LogP contribution is 2.44. The fourth-order valence-corrected chi connectivity index (χ4v) is 7.88. The maximum atomic E-state index is 15.0. The van der Waals surface area contributed by atoms with Gasteiger partial charge in [-0.25, -0.2) is 9.59 Å². The number of rotatable bonds is 14. The van der Waals surface area contributed by atoms with Crippen LogP contribution in [0.2, 0.25) is 0 Å². The summed E-state index contributed by atoms with van der Waals surface area (Å²) >= 11 is 0. The Balaban J connectivity index is 1.48. The number of ether oxygens (including phenoxy) is 5. The van der Waals surface area contributed by atoms with Crippen LogP contribution in [0.5, 0.6) is 17.2 Å². The number of amides is 2. The minimum absolute atomic E-state index is 0.0437. The highest BCUT2D eigenvalue weighted by molar-refractivity contribution is 6.23. The summed E-state index contributed by atoms with van der Waals surface area (Å²) in [6.45, 7) is 8.06. The molecule has 2 atom stereocenters. The van der Waals surface area contributed by atoms with Gasteiger partial charge in [0.15, 0.2) is 23.2 Å². The van der Waals surface area contributed by atoms with Crippen LogP contribution in [0.15, 0.2) is 85.4 Å². The molecule has 65 heavy (non-hydrogen) atoms. The first-order valence-electron chi connectivity index (χ1n) is 19.2. The van der Waals surface area contributed by atoms with E-state index < -0.39 is 117 Å². The molecular weight excluding hydrogens is 858 g/mol. The first-order chi connectivity index (χ1) is 31.0. The number of fused-ring (bicyclic) bond motifs is 6. The van der Waals surface area contributed by atoms with Crippen LogP contribution in [0.3, 0.4) is 0 Å². The Kier molecular flexibility index (Phi) is 12.1. The summed E-state index contributed by atoms with van der Waals surface area (Å²) in [6, 6.07) is 5.46. The van der Waals surface area contributed by atoms with E-state index in [1.807, 2.05) is 0 Å². The molecule has 0 radical (unpaired) electrons. The third kappa shape index (κ3) is 7.61. The number of benzene rings is 5. The number of aryl methyl sites for hydroxylation is 1. The predicted octanol–water partition coefficient (Wildman–Crippen LogP) is 1.54. The van der Waals surface area contributed by atoms with Crippen molar-refractivity contribution in [2.45, 2.75) is 32.5 Å². The first kappa shape index (κ1) is 44.9. The lowest BCUT2D eigenvalue weighted by Crippen LogP contribution is -2.63. The zero-order chi connectivity index (χ0) is 47.2. The molecule has 5 aromatic carbocycles. The molecule has 6 aromatic rings. The summed E-state index contributed by atoms with van der Waals surface area (Å²) in [5.41, 5.74) is -4.52.